The number of rotatable bonds is 4. The van der Waals surface area contributed by atoms with E-state index in [9.17, 15) is 10.2 Å². The molecule has 1 saturated heterocycles. The predicted octanol–water partition coefficient (Wildman–Crippen LogP) is 0.975. The number of hydrogen-bond acceptors (Lipinski definition) is 5. The SMILES string of the molecule is CCSc1cccc(N2CC(O)C(O)C2)c1C(N)=S. The van der Waals surface area contributed by atoms with Crippen LogP contribution in [0.2, 0.25) is 0 Å². The summed E-state index contributed by atoms with van der Waals surface area (Å²) < 4.78 is 0. The molecule has 0 aliphatic carbocycles. The second kappa shape index (κ2) is 6.09. The number of aliphatic hydroxyl groups excluding tert-OH is 2. The molecule has 1 aliphatic rings. The minimum Gasteiger partial charge on any atom is -0.389 e. The Morgan fingerprint density at radius 1 is 1.42 bits per heavy atom. The lowest BCUT2D eigenvalue weighted by atomic mass is 10.1. The quantitative estimate of drug-likeness (QED) is 0.568. The second-order valence-electron chi connectivity index (χ2n) is 4.49. The van der Waals surface area contributed by atoms with Gasteiger partial charge in [-0.3, -0.25) is 0 Å². The van der Waals surface area contributed by atoms with Crippen molar-refractivity contribution in [3.63, 3.8) is 0 Å². The van der Waals surface area contributed by atoms with Gasteiger partial charge in [-0.1, -0.05) is 25.2 Å². The van der Waals surface area contributed by atoms with E-state index in [0.717, 1.165) is 21.9 Å². The van der Waals surface area contributed by atoms with Crippen LogP contribution >= 0.6 is 24.0 Å². The Hall–Kier alpha value is -0.820. The average Bonchev–Trinajstić information content (AvgIpc) is 2.69. The lowest BCUT2D eigenvalue weighted by Crippen LogP contribution is -2.25. The molecule has 1 fully saturated rings. The molecule has 1 aliphatic heterocycles. The van der Waals surface area contributed by atoms with Crippen LogP contribution in [-0.4, -0.2) is 46.3 Å². The van der Waals surface area contributed by atoms with E-state index >= 15 is 0 Å². The number of aliphatic hydroxyl groups is 2. The lowest BCUT2D eigenvalue weighted by molar-refractivity contribution is 0.0572. The number of thioether (sulfide) groups is 1. The summed E-state index contributed by atoms with van der Waals surface area (Å²) in [5, 5.41) is 19.3. The van der Waals surface area contributed by atoms with E-state index in [1.54, 1.807) is 11.8 Å². The first-order chi connectivity index (χ1) is 9.04. The van der Waals surface area contributed by atoms with E-state index in [2.05, 4.69) is 6.92 Å². The van der Waals surface area contributed by atoms with Gasteiger partial charge in [-0.25, -0.2) is 0 Å². The van der Waals surface area contributed by atoms with E-state index in [0.29, 0.717) is 18.1 Å². The van der Waals surface area contributed by atoms with Gasteiger partial charge in [0, 0.05) is 29.2 Å². The van der Waals surface area contributed by atoms with Crippen LogP contribution < -0.4 is 10.6 Å². The fourth-order valence-corrected chi connectivity index (χ4v) is 3.40. The summed E-state index contributed by atoms with van der Waals surface area (Å²) in [5.74, 6) is 0.935. The molecule has 0 bridgehead atoms. The minimum atomic E-state index is -0.721. The summed E-state index contributed by atoms with van der Waals surface area (Å²) in [4.78, 5) is 3.33. The van der Waals surface area contributed by atoms with Gasteiger partial charge >= 0.3 is 0 Å². The smallest absolute Gasteiger partial charge is 0.107 e. The topological polar surface area (TPSA) is 69.7 Å². The molecule has 2 rings (SSSR count). The van der Waals surface area contributed by atoms with Crippen molar-refractivity contribution < 1.29 is 10.2 Å². The van der Waals surface area contributed by atoms with Crippen molar-refractivity contribution in [3.05, 3.63) is 23.8 Å². The molecule has 0 aromatic heterocycles. The van der Waals surface area contributed by atoms with Crippen LogP contribution in [-0.2, 0) is 0 Å². The van der Waals surface area contributed by atoms with Crippen molar-refractivity contribution in [1.29, 1.82) is 0 Å². The molecule has 1 aromatic rings. The molecule has 4 N–H and O–H groups in total. The Balaban J connectivity index is 2.40. The summed E-state index contributed by atoms with van der Waals surface area (Å²) in [6, 6.07) is 5.88. The molecule has 0 spiro atoms. The Kier molecular flexibility index (Phi) is 4.67. The van der Waals surface area contributed by atoms with Gasteiger partial charge in [0.15, 0.2) is 0 Å². The first kappa shape index (κ1) is 14.6. The van der Waals surface area contributed by atoms with Crippen LogP contribution in [0, 0.1) is 0 Å². The van der Waals surface area contributed by atoms with E-state index in [-0.39, 0.29) is 0 Å². The monoisotopic (exact) mass is 298 g/mol. The molecule has 104 valence electrons. The summed E-state index contributed by atoms with van der Waals surface area (Å²) in [5.41, 5.74) is 7.58. The standard InChI is InChI=1S/C13H18N2O2S2/c1-2-19-11-5-3-4-8(12(11)13(14)18)15-6-9(16)10(17)7-15/h3-5,9-10,16-17H,2,6-7H2,1H3,(H2,14,18). The lowest BCUT2D eigenvalue weighted by Gasteiger charge is -2.22. The van der Waals surface area contributed by atoms with Crippen LogP contribution in [0.25, 0.3) is 0 Å². The first-order valence-corrected chi connectivity index (χ1v) is 7.60. The Morgan fingerprint density at radius 2 is 2.05 bits per heavy atom. The number of nitrogens with zero attached hydrogens (tertiary/aromatic N) is 1. The summed E-state index contributed by atoms with van der Waals surface area (Å²) in [6.45, 7) is 2.87. The molecule has 1 aromatic carbocycles. The van der Waals surface area contributed by atoms with Crippen LogP contribution in [0.15, 0.2) is 23.1 Å². The van der Waals surface area contributed by atoms with Crippen molar-refractivity contribution in [2.75, 3.05) is 23.7 Å². The van der Waals surface area contributed by atoms with Gasteiger partial charge in [-0.2, -0.15) is 0 Å². The van der Waals surface area contributed by atoms with Gasteiger partial charge < -0.3 is 20.8 Å². The highest BCUT2D eigenvalue weighted by Gasteiger charge is 2.31. The van der Waals surface area contributed by atoms with Crippen LogP contribution in [0.1, 0.15) is 12.5 Å². The Labute approximate surface area is 122 Å². The molecule has 2 atom stereocenters. The molecule has 19 heavy (non-hydrogen) atoms. The maximum Gasteiger partial charge on any atom is 0.107 e. The highest BCUT2D eigenvalue weighted by atomic mass is 32.2. The molecular weight excluding hydrogens is 280 g/mol. The molecule has 0 saturated carbocycles. The molecule has 6 heteroatoms. The van der Waals surface area contributed by atoms with Crippen LogP contribution in [0.3, 0.4) is 0 Å². The van der Waals surface area contributed by atoms with Gasteiger partial charge in [0.1, 0.15) is 4.99 Å². The fraction of sp³-hybridized carbons (Fsp3) is 0.462. The van der Waals surface area contributed by atoms with Gasteiger partial charge in [0.05, 0.1) is 12.2 Å². The molecular formula is C13H18N2O2S2. The molecule has 2 unspecified atom stereocenters. The fourth-order valence-electron chi connectivity index (χ4n) is 2.27. The zero-order valence-electron chi connectivity index (χ0n) is 10.7. The normalized spacial score (nSPS) is 22.8. The number of benzene rings is 1. The maximum atomic E-state index is 9.67. The maximum absolute atomic E-state index is 9.67. The van der Waals surface area contributed by atoms with E-state index in [1.165, 1.54) is 0 Å². The van der Waals surface area contributed by atoms with E-state index in [4.69, 9.17) is 18.0 Å². The third kappa shape index (κ3) is 3.02. The number of thiocarbonyl (C=S) groups is 1. The average molecular weight is 298 g/mol. The zero-order valence-corrected chi connectivity index (χ0v) is 12.4. The number of hydrogen-bond donors (Lipinski definition) is 3. The highest BCUT2D eigenvalue weighted by molar-refractivity contribution is 7.99. The molecule has 1 heterocycles. The summed E-state index contributed by atoms with van der Waals surface area (Å²) >= 11 is 6.84. The number of β-amino-alcohol motifs (C(OH)–C–C–N with tert-alkyl or cyclic N) is 2. The van der Waals surface area contributed by atoms with Gasteiger partial charge in [0.25, 0.3) is 0 Å². The number of nitrogens with two attached hydrogens (primary N) is 1. The first-order valence-electron chi connectivity index (χ1n) is 6.21. The molecule has 4 nitrogen and oxygen atoms in total. The van der Waals surface area contributed by atoms with E-state index in [1.807, 2.05) is 23.1 Å². The third-order valence-corrected chi connectivity index (χ3v) is 4.29. The van der Waals surface area contributed by atoms with Crippen molar-refractivity contribution in [1.82, 2.24) is 0 Å². The van der Waals surface area contributed by atoms with Gasteiger partial charge in [-0.15, -0.1) is 11.8 Å². The van der Waals surface area contributed by atoms with E-state index < -0.39 is 12.2 Å². The summed E-state index contributed by atoms with van der Waals surface area (Å²) in [6.07, 6.45) is -1.44. The number of anilines is 1. The van der Waals surface area contributed by atoms with Crippen LogP contribution in [0.5, 0.6) is 0 Å². The summed E-state index contributed by atoms with van der Waals surface area (Å²) in [7, 11) is 0. The van der Waals surface area contributed by atoms with Crippen molar-refractivity contribution in [2.45, 2.75) is 24.0 Å². The minimum absolute atomic E-state index is 0.349. The van der Waals surface area contributed by atoms with Gasteiger partial charge in [0.2, 0.25) is 0 Å². The zero-order chi connectivity index (χ0) is 14.0. The molecule has 0 amide bonds. The Bertz CT molecular complexity index is 472. The van der Waals surface area contributed by atoms with Crippen LogP contribution in [0.4, 0.5) is 5.69 Å². The molecule has 0 radical (unpaired) electrons. The van der Waals surface area contributed by atoms with Crippen molar-refractivity contribution in [3.8, 4) is 0 Å². The van der Waals surface area contributed by atoms with Crippen molar-refractivity contribution in [2.24, 2.45) is 5.73 Å². The predicted molar refractivity (Wildman–Crippen MR) is 83.0 cm³/mol. The third-order valence-electron chi connectivity index (χ3n) is 3.15. The van der Waals surface area contributed by atoms with Gasteiger partial charge in [-0.05, 0) is 17.9 Å². The second-order valence-corrected chi connectivity index (χ2v) is 6.23. The largest absolute Gasteiger partial charge is 0.389 e. The highest BCUT2D eigenvalue weighted by Crippen LogP contribution is 2.32. The van der Waals surface area contributed by atoms with Crippen molar-refractivity contribution >= 4 is 34.7 Å². The Morgan fingerprint density at radius 3 is 2.58 bits per heavy atom.